The quantitative estimate of drug-likeness (QED) is 0.648. The molecule has 0 saturated carbocycles. The highest BCUT2D eigenvalue weighted by molar-refractivity contribution is 5.97. The summed E-state index contributed by atoms with van der Waals surface area (Å²) in [6.07, 6.45) is 1.20. The first-order valence-corrected chi connectivity index (χ1v) is 6.54. The number of hydrogen-bond acceptors (Lipinski definition) is 5. The van der Waals surface area contributed by atoms with E-state index in [-0.39, 0.29) is 24.2 Å². The number of nitro groups is 1. The molecule has 0 bridgehead atoms. The third-order valence-corrected chi connectivity index (χ3v) is 2.83. The Kier molecular flexibility index (Phi) is 4.32. The molecule has 2 aromatic rings. The predicted octanol–water partition coefficient (Wildman–Crippen LogP) is 2.08. The molecule has 0 fully saturated rings. The first-order chi connectivity index (χ1) is 9.99. The van der Waals surface area contributed by atoms with E-state index >= 15 is 0 Å². The summed E-state index contributed by atoms with van der Waals surface area (Å²) in [5, 5.41) is 17.3. The average molecular weight is 288 g/mol. The van der Waals surface area contributed by atoms with Crippen LogP contribution in [0.2, 0.25) is 0 Å². The van der Waals surface area contributed by atoms with E-state index in [1.54, 1.807) is 24.3 Å². The van der Waals surface area contributed by atoms with Gasteiger partial charge in [-0.15, -0.1) is 0 Å². The Bertz CT molecular complexity index is 685. The molecule has 0 aliphatic heterocycles. The second-order valence-corrected chi connectivity index (χ2v) is 4.87. The number of pyridine rings is 1. The maximum atomic E-state index is 11.7. The monoisotopic (exact) mass is 288 g/mol. The van der Waals surface area contributed by atoms with E-state index in [4.69, 9.17) is 0 Å². The minimum Gasteiger partial charge on any atom is -0.370 e. The summed E-state index contributed by atoms with van der Waals surface area (Å²) in [7, 11) is 0. The van der Waals surface area contributed by atoms with Gasteiger partial charge in [0.15, 0.2) is 0 Å². The molecular weight excluding hydrogens is 272 g/mol. The summed E-state index contributed by atoms with van der Waals surface area (Å²) < 4.78 is 0. The van der Waals surface area contributed by atoms with Crippen LogP contribution in [0.4, 0.5) is 11.4 Å². The summed E-state index contributed by atoms with van der Waals surface area (Å²) >= 11 is 0. The number of nitrogens with zero attached hydrogens (tertiary/aromatic N) is 2. The molecule has 0 radical (unpaired) electrons. The van der Waals surface area contributed by atoms with E-state index in [2.05, 4.69) is 15.6 Å². The number of benzene rings is 1. The number of anilines is 1. The maximum Gasteiger partial charge on any atom is 0.311 e. The Balaban J connectivity index is 2.33. The molecule has 21 heavy (non-hydrogen) atoms. The third kappa shape index (κ3) is 3.44. The summed E-state index contributed by atoms with van der Waals surface area (Å²) in [5.74, 6) is -0.222. The molecule has 1 heterocycles. The summed E-state index contributed by atoms with van der Waals surface area (Å²) in [6.45, 7) is 3.66. The zero-order chi connectivity index (χ0) is 15.4. The normalized spacial score (nSPS) is 10.6. The van der Waals surface area contributed by atoms with Crippen molar-refractivity contribution in [3.05, 3.63) is 40.6 Å². The molecule has 1 amide bonds. The Morgan fingerprint density at radius 1 is 1.38 bits per heavy atom. The van der Waals surface area contributed by atoms with Gasteiger partial charge in [-0.05, 0) is 19.9 Å². The van der Waals surface area contributed by atoms with Gasteiger partial charge >= 0.3 is 5.69 Å². The summed E-state index contributed by atoms with van der Waals surface area (Å²) in [4.78, 5) is 26.3. The topological polar surface area (TPSA) is 97.2 Å². The zero-order valence-electron chi connectivity index (χ0n) is 11.8. The van der Waals surface area contributed by atoms with Crippen molar-refractivity contribution in [1.82, 2.24) is 10.3 Å². The van der Waals surface area contributed by atoms with E-state index in [9.17, 15) is 14.9 Å². The van der Waals surface area contributed by atoms with Gasteiger partial charge in [0.05, 0.1) is 17.0 Å². The van der Waals surface area contributed by atoms with Crippen molar-refractivity contribution in [2.24, 2.45) is 0 Å². The molecule has 110 valence electrons. The van der Waals surface area contributed by atoms with Crippen molar-refractivity contribution < 1.29 is 9.72 Å². The van der Waals surface area contributed by atoms with Crippen molar-refractivity contribution in [2.45, 2.75) is 19.9 Å². The smallest absolute Gasteiger partial charge is 0.311 e. The van der Waals surface area contributed by atoms with Crippen LogP contribution in [0.5, 0.6) is 0 Å². The Morgan fingerprint density at radius 3 is 2.76 bits per heavy atom. The molecule has 1 aromatic heterocycles. The Hall–Kier alpha value is -2.70. The minimum atomic E-state index is -0.512. The largest absolute Gasteiger partial charge is 0.370 e. The molecule has 0 spiro atoms. The fourth-order valence-corrected chi connectivity index (χ4v) is 2.00. The predicted molar refractivity (Wildman–Crippen MR) is 80.2 cm³/mol. The van der Waals surface area contributed by atoms with Gasteiger partial charge in [-0.1, -0.05) is 18.2 Å². The van der Waals surface area contributed by atoms with Crippen molar-refractivity contribution in [3.8, 4) is 0 Å². The van der Waals surface area contributed by atoms with Gasteiger partial charge in [0.1, 0.15) is 11.9 Å². The van der Waals surface area contributed by atoms with Crippen molar-refractivity contribution in [2.75, 3.05) is 11.9 Å². The van der Waals surface area contributed by atoms with Gasteiger partial charge in [0, 0.05) is 11.4 Å². The molecule has 1 aromatic carbocycles. The lowest BCUT2D eigenvalue weighted by atomic mass is 10.1. The molecular formula is C14H16N4O3. The molecule has 0 saturated heterocycles. The van der Waals surface area contributed by atoms with Crippen LogP contribution in [0.15, 0.2) is 30.5 Å². The number of hydrogen-bond donors (Lipinski definition) is 2. The highest BCUT2D eigenvalue weighted by atomic mass is 16.6. The second-order valence-electron chi connectivity index (χ2n) is 4.87. The van der Waals surface area contributed by atoms with Gasteiger partial charge in [0.25, 0.3) is 0 Å². The van der Waals surface area contributed by atoms with Crippen LogP contribution in [-0.2, 0) is 4.79 Å². The van der Waals surface area contributed by atoms with Crippen molar-refractivity contribution >= 4 is 28.2 Å². The number of aromatic nitrogens is 1. The van der Waals surface area contributed by atoms with Crippen molar-refractivity contribution in [3.63, 3.8) is 0 Å². The first kappa shape index (κ1) is 14.7. The van der Waals surface area contributed by atoms with Crippen LogP contribution in [-0.4, -0.2) is 28.4 Å². The minimum absolute atomic E-state index is 0.0171. The van der Waals surface area contributed by atoms with Crippen molar-refractivity contribution in [1.29, 1.82) is 0 Å². The molecule has 2 N–H and O–H groups in total. The third-order valence-electron chi connectivity index (χ3n) is 2.83. The number of amides is 1. The van der Waals surface area contributed by atoms with Gasteiger partial charge in [-0.3, -0.25) is 14.9 Å². The molecule has 0 unspecified atom stereocenters. The fraction of sp³-hybridized carbons (Fsp3) is 0.286. The number of fused-ring (bicyclic) bond motifs is 1. The molecule has 2 rings (SSSR count). The number of carbonyl (C=O) groups is 1. The zero-order valence-corrected chi connectivity index (χ0v) is 11.8. The summed E-state index contributed by atoms with van der Waals surface area (Å²) in [5.41, 5.74) is 0.797. The standard InChI is InChI=1S/C14H16N4O3/c1-9(2)17-13(19)8-16-14-10-5-3-4-6-11(10)15-7-12(14)18(20)21/h3-7,9H,8H2,1-2H3,(H,15,16)(H,17,19). The molecule has 0 aliphatic carbocycles. The number of carbonyl (C=O) groups excluding carboxylic acids is 1. The van der Waals surface area contributed by atoms with Crippen LogP contribution >= 0.6 is 0 Å². The summed E-state index contributed by atoms with van der Waals surface area (Å²) in [6, 6.07) is 7.09. The Labute approximate surface area is 121 Å². The number of nitrogens with one attached hydrogen (secondary N) is 2. The fourth-order valence-electron chi connectivity index (χ4n) is 2.00. The van der Waals surface area contributed by atoms with Crippen LogP contribution in [0.25, 0.3) is 10.9 Å². The van der Waals surface area contributed by atoms with E-state index in [1.165, 1.54) is 6.20 Å². The lowest BCUT2D eigenvalue weighted by molar-refractivity contribution is -0.384. The van der Waals surface area contributed by atoms with E-state index in [1.807, 2.05) is 13.8 Å². The number of para-hydroxylation sites is 1. The maximum absolute atomic E-state index is 11.7. The highest BCUT2D eigenvalue weighted by Crippen LogP contribution is 2.30. The van der Waals surface area contributed by atoms with Gasteiger partial charge in [-0.25, -0.2) is 4.98 Å². The first-order valence-electron chi connectivity index (χ1n) is 6.54. The van der Waals surface area contributed by atoms with Crippen LogP contribution in [0.3, 0.4) is 0 Å². The SMILES string of the molecule is CC(C)NC(=O)CNc1c([N+](=O)[O-])cnc2ccccc12. The molecule has 0 aliphatic rings. The average Bonchev–Trinajstić information content (AvgIpc) is 2.43. The second kappa shape index (κ2) is 6.17. The van der Waals surface area contributed by atoms with Gasteiger partial charge in [-0.2, -0.15) is 0 Å². The lowest BCUT2D eigenvalue weighted by Crippen LogP contribution is -2.34. The van der Waals surface area contributed by atoms with Gasteiger partial charge in [0.2, 0.25) is 5.91 Å². The van der Waals surface area contributed by atoms with E-state index in [0.29, 0.717) is 16.6 Å². The molecule has 7 heteroatoms. The van der Waals surface area contributed by atoms with Crippen LogP contribution < -0.4 is 10.6 Å². The van der Waals surface area contributed by atoms with E-state index < -0.39 is 4.92 Å². The Morgan fingerprint density at radius 2 is 2.10 bits per heavy atom. The van der Waals surface area contributed by atoms with E-state index in [0.717, 1.165) is 0 Å². The van der Waals surface area contributed by atoms with Crippen LogP contribution in [0.1, 0.15) is 13.8 Å². The number of rotatable bonds is 5. The highest BCUT2D eigenvalue weighted by Gasteiger charge is 2.18. The van der Waals surface area contributed by atoms with Crippen LogP contribution in [0, 0.1) is 10.1 Å². The molecule has 0 atom stereocenters. The lowest BCUT2D eigenvalue weighted by Gasteiger charge is -2.11. The van der Waals surface area contributed by atoms with Gasteiger partial charge < -0.3 is 10.6 Å². The molecule has 7 nitrogen and oxygen atoms in total.